The van der Waals surface area contributed by atoms with E-state index in [1.165, 1.54) is 5.56 Å². The van der Waals surface area contributed by atoms with Gasteiger partial charge in [-0.2, -0.15) is 0 Å². The standard InChI is InChI=1S/C22H19NO2S/c1-16-23-19-14-21(24-13-12-17-8-4-2-5-9-17)22(15-20(19)25-16)26-18-10-6-3-7-11-18/h2-11,14-15H,12-13H2,1H3. The van der Waals surface area contributed by atoms with Crippen molar-refractivity contribution in [3.8, 4) is 5.75 Å². The van der Waals surface area contributed by atoms with E-state index >= 15 is 0 Å². The van der Waals surface area contributed by atoms with Crippen molar-refractivity contribution >= 4 is 22.9 Å². The van der Waals surface area contributed by atoms with Crippen LogP contribution >= 0.6 is 11.8 Å². The summed E-state index contributed by atoms with van der Waals surface area (Å²) in [5.74, 6) is 1.51. The molecule has 0 aliphatic carbocycles. The minimum Gasteiger partial charge on any atom is -0.492 e. The Hall–Kier alpha value is -2.72. The number of rotatable bonds is 6. The summed E-state index contributed by atoms with van der Waals surface area (Å²) in [6, 6.07) is 24.6. The van der Waals surface area contributed by atoms with Crippen molar-refractivity contribution < 1.29 is 9.15 Å². The first-order chi connectivity index (χ1) is 12.8. The van der Waals surface area contributed by atoms with Gasteiger partial charge in [0.15, 0.2) is 11.5 Å². The van der Waals surface area contributed by atoms with Crippen LogP contribution in [0.1, 0.15) is 11.5 Å². The topological polar surface area (TPSA) is 35.3 Å². The first-order valence-electron chi connectivity index (χ1n) is 8.59. The van der Waals surface area contributed by atoms with E-state index < -0.39 is 0 Å². The lowest BCUT2D eigenvalue weighted by Crippen LogP contribution is -2.02. The van der Waals surface area contributed by atoms with Crippen molar-refractivity contribution in [2.45, 2.75) is 23.1 Å². The predicted molar refractivity (Wildman–Crippen MR) is 105 cm³/mol. The Morgan fingerprint density at radius 1 is 0.962 bits per heavy atom. The number of hydrogen-bond acceptors (Lipinski definition) is 4. The number of nitrogens with zero attached hydrogens (tertiary/aromatic N) is 1. The summed E-state index contributed by atoms with van der Waals surface area (Å²) in [5, 5.41) is 0. The minimum absolute atomic E-state index is 0.620. The maximum Gasteiger partial charge on any atom is 0.192 e. The summed E-state index contributed by atoms with van der Waals surface area (Å²) >= 11 is 1.67. The highest BCUT2D eigenvalue weighted by atomic mass is 32.2. The average molecular weight is 361 g/mol. The molecule has 3 nitrogen and oxygen atoms in total. The van der Waals surface area contributed by atoms with Crippen LogP contribution in [0.25, 0.3) is 11.1 Å². The molecule has 0 aliphatic heterocycles. The Labute approximate surface area is 157 Å². The molecular formula is C22H19NO2S. The van der Waals surface area contributed by atoms with Crippen LogP contribution in [-0.4, -0.2) is 11.6 Å². The third-order valence-electron chi connectivity index (χ3n) is 4.02. The van der Waals surface area contributed by atoms with Gasteiger partial charge < -0.3 is 9.15 Å². The summed E-state index contributed by atoms with van der Waals surface area (Å²) in [5.41, 5.74) is 2.88. The van der Waals surface area contributed by atoms with Gasteiger partial charge in [-0.1, -0.05) is 60.3 Å². The van der Waals surface area contributed by atoms with Crippen molar-refractivity contribution in [1.82, 2.24) is 4.98 Å². The molecule has 3 aromatic carbocycles. The number of oxazole rings is 1. The monoisotopic (exact) mass is 361 g/mol. The maximum atomic E-state index is 6.13. The zero-order chi connectivity index (χ0) is 17.8. The van der Waals surface area contributed by atoms with Gasteiger partial charge in [0.05, 0.1) is 11.5 Å². The second-order valence-electron chi connectivity index (χ2n) is 6.00. The zero-order valence-corrected chi connectivity index (χ0v) is 15.3. The van der Waals surface area contributed by atoms with Gasteiger partial charge in [0.1, 0.15) is 11.3 Å². The molecule has 0 saturated heterocycles. The molecule has 0 unspecified atom stereocenters. The number of aryl methyl sites for hydroxylation is 1. The van der Waals surface area contributed by atoms with Crippen LogP contribution in [0.4, 0.5) is 0 Å². The molecular weight excluding hydrogens is 342 g/mol. The molecule has 0 aliphatic rings. The van der Waals surface area contributed by atoms with Crippen LogP contribution in [0.15, 0.2) is 87.0 Å². The predicted octanol–water partition coefficient (Wildman–Crippen LogP) is 5.91. The van der Waals surface area contributed by atoms with E-state index in [4.69, 9.17) is 9.15 Å². The summed E-state index contributed by atoms with van der Waals surface area (Å²) in [6.07, 6.45) is 0.867. The van der Waals surface area contributed by atoms with E-state index in [1.54, 1.807) is 11.8 Å². The van der Waals surface area contributed by atoms with E-state index in [1.807, 2.05) is 43.3 Å². The maximum absolute atomic E-state index is 6.13. The van der Waals surface area contributed by atoms with Gasteiger partial charge in [-0.25, -0.2) is 4.98 Å². The highest BCUT2D eigenvalue weighted by Gasteiger charge is 2.12. The molecule has 0 saturated carbocycles. The first-order valence-corrected chi connectivity index (χ1v) is 9.40. The summed E-state index contributed by atoms with van der Waals surface area (Å²) in [7, 11) is 0. The molecule has 26 heavy (non-hydrogen) atoms. The number of benzene rings is 3. The average Bonchev–Trinajstić information content (AvgIpc) is 3.02. The highest BCUT2D eigenvalue weighted by Crippen LogP contribution is 2.38. The lowest BCUT2D eigenvalue weighted by atomic mass is 10.2. The third-order valence-corrected chi connectivity index (χ3v) is 5.07. The van der Waals surface area contributed by atoms with Gasteiger partial charge in [-0.3, -0.25) is 0 Å². The van der Waals surface area contributed by atoms with Crippen molar-refractivity contribution in [1.29, 1.82) is 0 Å². The van der Waals surface area contributed by atoms with Crippen LogP contribution in [0.3, 0.4) is 0 Å². The lowest BCUT2D eigenvalue weighted by molar-refractivity contribution is 0.315. The summed E-state index contributed by atoms with van der Waals surface area (Å²) in [4.78, 5) is 6.63. The van der Waals surface area contributed by atoms with Gasteiger partial charge in [-0.05, 0) is 17.7 Å². The van der Waals surface area contributed by atoms with Crippen molar-refractivity contribution in [3.63, 3.8) is 0 Å². The van der Waals surface area contributed by atoms with Crippen LogP contribution < -0.4 is 4.74 Å². The summed E-state index contributed by atoms with van der Waals surface area (Å²) < 4.78 is 11.8. The smallest absolute Gasteiger partial charge is 0.192 e. The molecule has 4 heteroatoms. The molecule has 1 aromatic heterocycles. The van der Waals surface area contributed by atoms with Crippen LogP contribution in [0.5, 0.6) is 5.75 Å². The Morgan fingerprint density at radius 2 is 1.69 bits per heavy atom. The molecule has 0 N–H and O–H groups in total. The number of fused-ring (bicyclic) bond motifs is 1. The van der Waals surface area contributed by atoms with Gasteiger partial charge in [0.25, 0.3) is 0 Å². The Bertz CT molecular complexity index is 997. The Morgan fingerprint density at radius 3 is 2.46 bits per heavy atom. The van der Waals surface area contributed by atoms with Crippen molar-refractivity contribution in [2.24, 2.45) is 0 Å². The van der Waals surface area contributed by atoms with Gasteiger partial charge in [0, 0.05) is 30.4 Å². The van der Waals surface area contributed by atoms with E-state index in [2.05, 4.69) is 41.4 Å². The van der Waals surface area contributed by atoms with E-state index in [9.17, 15) is 0 Å². The molecule has 0 amide bonds. The van der Waals surface area contributed by atoms with Gasteiger partial charge in [0.2, 0.25) is 0 Å². The number of ether oxygens (including phenoxy) is 1. The van der Waals surface area contributed by atoms with Crippen LogP contribution in [-0.2, 0) is 6.42 Å². The van der Waals surface area contributed by atoms with Gasteiger partial charge in [-0.15, -0.1) is 0 Å². The fourth-order valence-electron chi connectivity index (χ4n) is 2.78. The van der Waals surface area contributed by atoms with Crippen LogP contribution in [0, 0.1) is 6.92 Å². The van der Waals surface area contributed by atoms with Gasteiger partial charge >= 0.3 is 0 Å². The van der Waals surface area contributed by atoms with Crippen molar-refractivity contribution in [2.75, 3.05) is 6.61 Å². The van der Waals surface area contributed by atoms with Crippen molar-refractivity contribution in [3.05, 3.63) is 84.3 Å². The Kier molecular flexibility index (Phi) is 4.93. The fraction of sp³-hybridized carbons (Fsp3) is 0.136. The fourth-order valence-corrected chi connectivity index (χ4v) is 3.71. The Balaban J connectivity index is 1.59. The molecule has 4 aromatic rings. The number of hydrogen-bond donors (Lipinski definition) is 0. The van der Waals surface area contributed by atoms with Crippen LogP contribution in [0.2, 0.25) is 0 Å². The molecule has 0 fully saturated rings. The quantitative estimate of drug-likeness (QED) is 0.428. The van der Waals surface area contributed by atoms with E-state index in [0.29, 0.717) is 12.5 Å². The summed E-state index contributed by atoms with van der Waals surface area (Å²) in [6.45, 7) is 2.48. The first kappa shape index (κ1) is 16.7. The second-order valence-corrected chi connectivity index (χ2v) is 7.11. The second kappa shape index (κ2) is 7.67. The molecule has 0 spiro atoms. The molecule has 0 bridgehead atoms. The van der Waals surface area contributed by atoms with E-state index in [-0.39, 0.29) is 0 Å². The van der Waals surface area contributed by atoms with E-state index in [0.717, 1.165) is 33.1 Å². The normalized spacial score (nSPS) is 11.0. The molecule has 4 rings (SSSR count). The highest BCUT2D eigenvalue weighted by molar-refractivity contribution is 7.99. The molecule has 0 atom stereocenters. The molecule has 0 radical (unpaired) electrons. The minimum atomic E-state index is 0.620. The third kappa shape index (κ3) is 3.92. The molecule has 1 heterocycles. The molecule has 130 valence electrons. The lowest BCUT2D eigenvalue weighted by Gasteiger charge is -2.11. The SMILES string of the molecule is Cc1nc2cc(OCCc3ccccc3)c(Sc3ccccc3)cc2o1. The number of aromatic nitrogens is 1. The zero-order valence-electron chi connectivity index (χ0n) is 14.5. The largest absolute Gasteiger partial charge is 0.492 e.